The number of phenols is 1. The molecule has 1 aromatic rings. The van der Waals surface area contributed by atoms with Gasteiger partial charge in [-0.25, -0.2) is 0 Å². The number of carbonyl (C=O) groups excluding carboxylic acids is 1. The smallest absolute Gasteiger partial charge is 0.160 e. The van der Waals surface area contributed by atoms with Crippen LogP contribution in [0.5, 0.6) is 5.75 Å². The Labute approximate surface area is 127 Å². The number of hydrogen-bond acceptors (Lipinski definition) is 3. The predicted molar refractivity (Wildman–Crippen MR) is 86.2 cm³/mol. The summed E-state index contributed by atoms with van der Waals surface area (Å²) in [6.45, 7) is 6.78. The van der Waals surface area contributed by atoms with Crippen molar-refractivity contribution in [2.75, 3.05) is 5.32 Å². The number of allylic oxidation sites excluding steroid dienone is 1. The fraction of sp³-hybridized carbons (Fsp3) is 0.500. The van der Waals surface area contributed by atoms with Crippen LogP contribution in [0.1, 0.15) is 46.5 Å². The normalized spacial score (nSPS) is 21.6. The van der Waals surface area contributed by atoms with E-state index in [9.17, 15) is 9.90 Å². The average molecular weight is 287 g/mol. The maximum atomic E-state index is 12.1. The topological polar surface area (TPSA) is 49.3 Å². The summed E-state index contributed by atoms with van der Waals surface area (Å²) in [6, 6.07) is 6.93. The molecule has 1 aliphatic rings. The van der Waals surface area contributed by atoms with E-state index in [-0.39, 0.29) is 16.9 Å². The minimum Gasteiger partial charge on any atom is -0.508 e. The second kappa shape index (κ2) is 6.33. The van der Waals surface area contributed by atoms with E-state index in [1.807, 2.05) is 12.3 Å². The number of rotatable bonds is 4. The van der Waals surface area contributed by atoms with Crippen molar-refractivity contribution in [3.8, 4) is 5.75 Å². The van der Waals surface area contributed by atoms with E-state index >= 15 is 0 Å². The van der Waals surface area contributed by atoms with Gasteiger partial charge in [0.05, 0.1) is 0 Å². The van der Waals surface area contributed by atoms with Crippen LogP contribution in [0.4, 0.5) is 5.69 Å². The van der Waals surface area contributed by atoms with Gasteiger partial charge in [0.25, 0.3) is 0 Å². The summed E-state index contributed by atoms with van der Waals surface area (Å²) >= 11 is 0. The Morgan fingerprint density at radius 3 is 2.86 bits per heavy atom. The molecule has 0 unspecified atom stereocenters. The van der Waals surface area contributed by atoms with E-state index in [2.05, 4.69) is 26.1 Å². The molecule has 1 aliphatic carbocycles. The first-order valence-electron chi connectivity index (χ1n) is 7.70. The Kier molecular flexibility index (Phi) is 4.71. The predicted octanol–water partition coefficient (Wildman–Crippen LogP) is 4.49. The highest BCUT2D eigenvalue weighted by molar-refractivity contribution is 5.96. The summed E-state index contributed by atoms with van der Waals surface area (Å²) in [5.41, 5.74) is 1.94. The zero-order valence-electron chi connectivity index (χ0n) is 13.1. The van der Waals surface area contributed by atoms with E-state index in [0.29, 0.717) is 12.3 Å². The van der Waals surface area contributed by atoms with Crippen LogP contribution in [-0.2, 0) is 4.79 Å². The lowest BCUT2D eigenvalue weighted by molar-refractivity contribution is -0.117. The van der Waals surface area contributed by atoms with E-state index in [4.69, 9.17) is 0 Å². The first-order chi connectivity index (χ1) is 9.92. The lowest BCUT2D eigenvalue weighted by Crippen LogP contribution is -2.29. The molecule has 2 rings (SSSR count). The van der Waals surface area contributed by atoms with Gasteiger partial charge >= 0.3 is 0 Å². The van der Waals surface area contributed by atoms with E-state index in [1.165, 1.54) is 0 Å². The molecule has 1 saturated carbocycles. The first kappa shape index (κ1) is 15.6. The maximum Gasteiger partial charge on any atom is 0.160 e. The van der Waals surface area contributed by atoms with Gasteiger partial charge in [-0.05, 0) is 36.3 Å². The van der Waals surface area contributed by atoms with Gasteiger partial charge in [0.2, 0.25) is 0 Å². The second-order valence-corrected chi connectivity index (χ2v) is 6.57. The molecule has 0 heterocycles. The van der Waals surface area contributed by atoms with Crippen molar-refractivity contribution in [2.45, 2.75) is 46.5 Å². The summed E-state index contributed by atoms with van der Waals surface area (Å²) in [5, 5.41) is 12.6. The number of nitrogens with one attached hydrogen (secondary N) is 1. The molecule has 0 spiro atoms. The Morgan fingerprint density at radius 2 is 2.19 bits per heavy atom. The lowest BCUT2D eigenvalue weighted by atomic mass is 9.68. The molecule has 0 radical (unpaired) electrons. The van der Waals surface area contributed by atoms with Crippen LogP contribution < -0.4 is 5.32 Å². The SMILES string of the molecule is CCC(C)(C)[C@H]1CCC(=O)/C(=C/Nc2cccc(O)c2)C1. The summed E-state index contributed by atoms with van der Waals surface area (Å²) in [6.07, 6.45) is 5.41. The zero-order valence-corrected chi connectivity index (χ0v) is 13.1. The molecule has 1 atom stereocenters. The second-order valence-electron chi connectivity index (χ2n) is 6.57. The molecule has 3 heteroatoms. The monoisotopic (exact) mass is 287 g/mol. The van der Waals surface area contributed by atoms with Gasteiger partial charge in [-0.15, -0.1) is 0 Å². The largest absolute Gasteiger partial charge is 0.508 e. The van der Waals surface area contributed by atoms with Crippen LogP contribution >= 0.6 is 0 Å². The molecule has 0 aromatic heterocycles. The third-order valence-electron chi connectivity index (χ3n) is 4.82. The van der Waals surface area contributed by atoms with Crippen molar-refractivity contribution < 1.29 is 9.90 Å². The molecule has 21 heavy (non-hydrogen) atoms. The van der Waals surface area contributed by atoms with Gasteiger partial charge in [-0.3, -0.25) is 4.79 Å². The number of carbonyl (C=O) groups is 1. The highest BCUT2D eigenvalue weighted by Gasteiger charge is 2.33. The number of phenolic OH excluding ortho intramolecular Hbond substituents is 1. The number of anilines is 1. The number of benzene rings is 1. The molecule has 0 aliphatic heterocycles. The molecule has 114 valence electrons. The minimum atomic E-state index is 0.221. The van der Waals surface area contributed by atoms with Crippen LogP contribution in [0.3, 0.4) is 0 Å². The van der Waals surface area contributed by atoms with Crippen molar-refractivity contribution in [1.82, 2.24) is 0 Å². The van der Waals surface area contributed by atoms with Crippen molar-refractivity contribution >= 4 is 11.5 Å². The van der Waals surface area contributed by atoms with Gasteiger partial charge in [0.15, 0.2) is 5.78 Å². The number of hydrogen-bond donors (Lipinski definition) is 2. The van der Waals surface area contributed by atoms with Crippen molar-refractivity contribution in [1.29, 1.82) is 0 Å². The molecule has 3 nitrogen and oxygen atoms in total. The Balaban J connectivity index is 2.10. The molecule has 1 fully saturated rings. The maximum absolute atomic E-state index is 12.1. The molecule has 0 amide bonds. The van der Waals surface area contributed by atoms with Crippen LogP contribution in [0, 0.1) is 11.3 Å². The Bertz CT molecular complexity index is 546. The van der Waals surface area contributed by atoms with Gasteiger partial charge in [-0.1, -0.05) is 33.3 Å². The number of aromatic hydroxyl groups is 1. The minimum absolute atomic E-state index is 0.221. The van der Waals surface area contributed by atoms with Crippen LogP contribution in [0.15, 0.2) is 36.0 Å². The molecular formula is C18H25NO2. The molecular weight excluding hydrogens is 262 g/mol. The van der Waals surface area contributed by atoms with Crippen molar-refractivity contribution in [3.05, 3.63) is 36.0 Å². The van der Waals surface area contributed by atoms with E-state index in [1.54, 1.807) is 18.2 Å². The summed E-state index contributed by atoms with van der Waals surface area (Å²) < 4.78 is 0. The third-order valence-corrected chi connectivity index (χ3v) is 4.82. The summed E-state index contributed by atoms with van der Waals surface area (Å²) in [7, 11) is 0. The van der Waals surface area contributed by atoms with Crippen LogP contribution in [0.25, 0.3) is 0 Å². The van der Waals surface area contributed by atoms with E-state index < -0.39 is 0 Å². The van der Waals surface area contributed by atoms with E-state index in [0.717, 1.165) is 30.5 Å². The average Bonchev–Trinajstić information content (AvgIpc) is 2.46. The fourth-order valence-electron chi connectivity index (χ4n) is 2.81. The molecule has 0 saturated heterocycles. The molecule has 1 aromatic carbocycles. The molecule has 0 bridgehead atoms. The standard InChI is InChI=1S/C18H25NO2/c1-4-18(2,3)14-8-9-17(21)13(10-14)12-19-15-6-5-7-16(20)11-15/h5-7,11-12,14,19-20H,4,8-10H2,1-3H3/b13-12+/t14-/m0/s1. The van der Waals surface area contributed by atoms with Gasteiger partial charge in [0, 0.05) is 29.9 Å². The van der Waals surface area contributed by atoms with Gasteiger partial charge in [-0.2, -0.15) is 0 Å². The number of Topliss-reactive ketones (excluding diaryl/α,β-unsaturated/α-hetero) is 1. The van der Waals surface area contributed by atoms with Crippen molar-refractivity contribution in [3.63, 3.8) is 0 Å². The Morgan fingerprint density at radius 1 is 1.43 bits per heavy atom. The highest BCUT2D eigenvalue weighted by atomic mass is 16.3. The zero-order chi connectivity index (χ0) is 15.5. The van der Waals surface area contributed by atoms with Gasteiger partial charge < -0.3 is 10.4 Å². The fourth-order valence-corrected chi connectivity index (χ4v) is 2.81. The summed E-state index contributed by atoms with van der Waals surface area (Å²) in [4.78, 5) is 12.1. The Hall–Kier alpha value is -1.77. The third kappa shape index (κ3) is 3.87. The first-order valence-corrected chi connectivity index (χ1v) is 7.70. The molecule has 2 N–H and O–H groups in total. The van der Waals surface area contributed by atoms with Crippen molar-refractivity contribution in [2.24, 2.45) is 11.3 Å². The van der Waals surface area contributed by atoms with Crippen LogP contribution in [0.2, 0.25) is 0 Å². The van der Waals surface area contributed by atoms with Crippen LogP contribution in [-0.4, -0.2) is 10.9 Å². The summed E-state index contributed by atoms with van der Waals surface area (Å²) in [5.74, 6) is 1.02. The number of ketones is 1. The quantitative estimate of drug-likeness (QED) is 0.802. The lowest BCUT2D eigenvalue weighted by Gasteiger charge is -2.36. The van der Waals surface area contributed by atoms with Gasteiger partial charge in [0.1, 0.15) is 5.75 Å². The highest BCUT2D eigenvalue weighted by Crippen LogP contribution is 2.41.